The number of benzene rings is 2. The van der Waals surface area contributed by atoms with Gasteiger partial charge in [0.1, 0.15) is 11.6 Å². The zero-order valence-corrected chi connectivity index (χ0v) is 14.8. The van der Waals surface area contributed by atoms with Crippen LogP contribution >= 0.6 is 11.6 Å². The summed E-state index contributed by atoms with van der Waals surface area (Å²) in [5.41, 5.74) is 2.97. The molecule has 25 heavy (non-hydrogen) atoms. The Hall–Kier alpha value is -1.95. The van der Waals surface area contributed by atoms with E-state index >= 15 is 0 Å². The number of hydrogen-bond acceptors (Lipinski definition) is 3. The van der Waals surface area contributed by atoms with Crippen molar-refractivity contribution in [1.29, 1.82) is 0 Å². The van der Waals surface area contributed by atoms with E-state index in [2.05, 4.69) is 14.8 Å². The minimum atomic E-state index is -0.194. The summed E-state index contributed by atoms with van der Waals surface area (Å²) in [6, 6.07) is 12.8. The zero-order valence-electron chi connectivity index (χ0n) is 14.0. The van der Waals surface area contributed by atoms with Crippen molar-refractivity contribution < 1.29 is 4.39 Å². The molecular formula is C19H20ClFN4. The molecule has 0 saturated carbocycles. The number of nitrogens with zero attached hydrogens (tertiary/aromatic N) is 3. The fourth-order valence-corrected chi connectivity index (χ4v) is 3.68. The highest BCUT2D eigenvalue weighted by molar-refractivity contribution is 6.31. The molecule has 0 amide bonds. The number of halogens is 2. The average molecular weight is 359 g/mol. The first-order valence-electron chi connectivity index (χ1n) is 8.43. The molecule has 0 radical (unpaired) electrons. The van der Waals surface area contributed by atoms with E-state index in [9.17, 15) is 4.39 Å². The van der Waals surface area contributed by atoms with E-state index in [1.54, 1.807) is 12.1 Å². The van der Waals surface area contributed by atoms with Crippen LogP contribution < -0.4 is 5.32 Å². The van der Waals surface area contributed by atoms with Gasteiger partial charge in [0.05, 0.1) is 17.6 Å². The Kier molecular flexibility index (Phi) is 4.46. The lowest BCUT2D eigenvalue weighted by molar-refractivity contribution is 0.148. The van der Waals surface area contributed by atoms with E-state index in [1.165, 1.54) is 6.07 Å². The first kappa shape index (κ1) is 16.5. The second-order valence-electron chi connectivity index (χ2n) is 6.47. The third-order valence-electron chi connectivity index (χ3n) is 4.87. The highest BCUT2D eigenvalue weighted by atomic mass is 35.5. The summed E-state index contributed by atoms with van der Waals surface area (Å²) >= 11 is 6.11. The van der Waals surface area contributed by atoms with Crippen LogP contribution in [0.5, 0.6) is 0 Å². The topological polar surface area (TPSA) is 33.1 Å². The number of nitrogens with one attached hydrogen (secondary N) is 1. The van der Waals surface area contributed by atoms with Gasteiger partial charge in [-0.15, -0.1) is 0 Å². The van der Waals surface area contributed by atoms with E-state index in [0.717, 1.165) is 42.1 Å². The Balaban J connectivity index is 1.65. The predicted octanol–water partition coefficient (Wildman–Crippen LogP) is 3.51. The van der Waals surface area contributed by atoms with Crippen molar-refractivity contribution in [2.45, 2.75) is 12.6 Å². The van der Waals surface area contributed by atoms with Crippen molar-refractivity contribution in [3.63, 3.8) is 0 Å². The van der Waals surface area contributed by atoms with Gasteiger partial charge < -0.3 is 9.88 Å². The molecule has 4 rings (SSSR count). The molecule has 4 nitrogen and oxygen atoms in total. The number of rotatable bonds is 3. The quantitative estimate of drug-likeness (QED) is 0.777. The van der Waals surface area contributed by atoms with Crippen LogP contribution in [0.1, 0.15) is 17.4 Å². The summed E-state index contributed by atoms with van der Waals surface area (Å²) in [7, 11) is 2.01. The van der Waals surface area contributed by atoms with E-state index in [-0.39, 0.29) is 11.9 Å². The summed E-state index contributed by atoms with van der Waals surface area (Å²) < 4.78 is 15.7. The van der Waals surface area contributed by atoms with Gasteiger partial charge >= 0.3 is 0 Å². The standard InChI is InChI=1S/C19H20ClFN4/c1-24-17-10-14(20)5-6-16(17)23-19(24)12-25-8-7-22-11-18(25)13-3-2-4-15(21)9-13/h2-6,9-10,18,22H,7-8,11-12H2,1H3. The maximum Gasteiger partial charge on any atom is 0.123 e. The molecule has 1 N–H and O–H groups in total. The lowest BCUT2D eigenvalue weighted by Gasteiger charge is -2.36. The third-order valence-corrected chi connectivity index (χ3v) is 5.10. The Morgan fingerprint density at radius 1 is 1.28 bits per heavy atom. The molecule has 2 aromatic carbocycles. The van der Waals surface area contributed by atoms with Gasteiger partial charge in [-0.3, -0.25) is 4.90 Å². The number of imidazole rings is 1. The molecule has 6 heteroatoms. The molecule has 3 aromatic rings. The fraction of sp³-hybridized carbons (Fsp3) is 0.316. The number of fused-ring (bicyclic) bond motifs is 1. The molecule has 1 aromatic heterocycles. The average Bonchev–Trinajstić information content (AvgIpc) is 2.91. The first-order chi connectivity index (χ1) is 12.1. The predicted molar refractivity (Wildman–Crippen MR) is 98.1 cm³/mol. The Morgan fingerprint density at radius 2 is 2.16 bits per heavy atom. The van der Waals surface area contributed by atoms with Gasteiger partial charge in [0, 0.05) is 37.7 Å². The fourth-order valence-electron chi connectivity index (χ4n) is 3.51. The van der Waals surface area contributed by atoms with Crippen LogP contribution in [-0.4, -0.2) is 34.1 Å². The summed E-state index contributed by atoms with van der Waals surface area (Å²) in [6.45, 7) is 3.33. The maximum absolute atomic E-state index is 13.6. The minimum Gasteiger partial charge on any atom is -0.330 e. The summed E-state index contributed by atoms with van der Waals surface area (Å²) in [4.78, 5) is 7.12. The molecular weight excluding hydrogens is 339 g/mol. The molecule has 1 atom stereocenters. The summed E-state index contributed by atoms with van der Waals surface area (Å²) in [6.07, 6.45) is 0. The normalized spacial score (nSPS) is 18.8. The molecule has 1 fully saturated rings. The van der Waals surface area contributed by atoms with Gasteiger partial charge in [0.15, 0.2) is 0 Å². The largest absolute Gasteiger partial charge is 0.330 e. The van der Waals surface area contributed by atoms with Crippen LogP contribution in [0.4, 0.5) is 4.39 Å². The zero-order chi connectivity index (χ0) is 17.4. The van der Waals surface area contributed by atoms with Crippen molar-refractivity contribution in [3.8, 4) is 0 Å². The van der Waals surface area contributed by atoms with Gasteiger partial charge in [-0.2, -0.15) is 0 Å². The van der Waals surface area contributed by atoms with Crippen molar-refractivity contribution in [2.24, 2.45) is 7.05 Å². The maximum atomic E-state index is 13.6. The molecule has 0 spiro atoms. The summed E-state index contributed by atoms with van der Waals surface area (Å²) in [5, 5.41) is 4.12. The number of aromatic nitrogens is 2. The molecule has 1 saturated heterocycles. The third kappa shape index (κ3) is 3.27. The van der Waals surface area contributed by atoms with Gasteiger partial charge in [-0.25, -0.2) is 9.37 Å². The number of aryl methyl sites for hydroxylation is 1. The second-order valence-corrected chi connectivity index (χ2v) is 6.90. The van der Waals surface area contributed by atoms with Crippen molar-refractivity contribution in [2.75, 3.05) is 19.6 Å². The van der Waals surface area contributed by atoms with Crippen LogP contribution in [0.15, 0.2) is 42.5 Å². The SMILES string of the molecule is Cn1c(CN2CCNCC2c2cccc(F)c2)nc2ccc(Cl)cc21. The summed E-state index contributed by atoms with van der Waals surface area (Å²) in [5.74, 6) is 0.793. The molecule has 2 heterocycles. The van der Waals surface area contributed by atoms with Crippen molar-refractivity contribution in [3.05, 3.63) is 64.7 Å². The van der Waals surface area contributed by atoms with Crippen molar-refractivity contribution >= 4 is 22.6 Å². The van der Waals surface area contributed by atoms with Crippen LogP contribution in [0.2, 0.25) is 5.02 Å². The van der Waals surface area contributed by atoms with Gasteiger partial charge in [0.2, 0.25) is 0 Å². The van der Waals surface area contributed by atoms with E-state index in [4.69, 9.17) is 16.6 Å². The Bertz CT molecular complexity index is 908. The Labute approximate surface area is 151 Å². The smallest absolute Gasteiger partial charge is 0.123 e. The number of hydrogen-bond donors (Lipinski definition) is 1. The van der Waals surface area contributed by atoms with Crippen molar-refractivity contribution in [1.82, 2.24) is 19.8 Å². The van der Waals surface area contributed by atoms with Crippen LogP contribution in [-0.2, 0) is 13.6 Å². The first-order valence-corrected chi connectivity index (χ1v) is 8.81. The lowest BCUT2D eigenvalue weighted by Crippen LogP contribution is -2.45. The lowest BCUT2D eigenvalue weighted by atomic mass is 10.0. The highest BCUT2D eigenvalue weighted by Gasteiger charge is 2.25. The molecule has 1 aliphatic heterocycles. The molecule has 0 bridgehead atoms. The minimum absolute atomic E-state index is 0.132. The van der Waals surface area contributed by atoms with E-state index < -0.39 is 0 Å². The van der Waals surface area contributed by atoms with Gasteiger partial charge in [0.25, 0.3) is 0 Å². The Morgan fingerprint density at radius 3 is 3.00 bits per heavy atom. The number of piperazine rings is 1. The van der Waals surface area contributed by atoms with Gasteiger partial charge in [-0.05, 0) is 35.9 Å². The highest BCUT2D eigenvalue weighted by Crippen LogP contribution is 2.26. The molecule has 1 aliphatic rings. The molecule has 1 unspecified atom stereocenters. The van der Waals surface area contributed by atoms with E-state index in [1.807, 2.05) is 31.3 Å². The van der Waals surface area contributed by atoms with Crippen LogP contribution in [0.3, 0.4) is 0 Å². The van der Waals surface area contributed by atoms with Crippen LogP contribution in [0, 0.1) is 5.82 Å². The van der Waals surface area contributed by atoms with Crippen LogP contribution in [0.25, 0.3) is 11.0 Å². The molecule has 130 valence electrons. The second kappa shape index (κ2) is 6.75. The monoisotopic (exact) mass is 358 g/mol. The van der Waals surface area contributed by atoms with E-state index in [0.29, 0.717) is 11.6 Å². The van der Waals surface area contributed by atoms with Gasteiger partial charge in [-0.1, -0.05) is 23.7 Å². The molecule has 0 aliphatic carbocycles.